The number of carbonyl (C=O) groups excluding carboxylic acids is 1. The Morgan fingerprint density at radius 3 is 1.77 bits per heavy atom. The van der Waals surface area contributed by atoms with Gasteiger partial charge in [0.2, 0.25) is 0 Å². The van der Waals surface area contributed by atoms with Gasteiger partial charge < -0.3 is 9.56 Å². The van der Waals surface area contributed by atoms with Gasteiger partial charge in [0.05, 0.1) is 5.76 Å². The molecule has 1 aliphatic heterocycles. The average Bonchev–Trinajstić information content (AvgIpc) is 2.63. The number of hydrogen-bond donors (Lipinski definition) is 1. The molecule has 0 spiro atoms. The molecular weight excluding hydrogens is 322 g/mol. The molecule has 2 aromatic carbocycles. The third-order valence-corrected chi connectivity index (χ3v) is 4.39. The second-order valence-corrected chi connectivity index (χ2v) is 6.24. The molecule has 2 aromatic rings. The zero-order valence-electron chi connectivity index (χ0n) is 15.7. The molecule has 0 fully saturated rings. The molecule has 26 heavy (non-hydrogen) atoms. The normalized spacial score (nSPS) is 15.1. The fourth-order valence-electron chi connectivity index (χ4n) is 3.45. The Balaban J connectivity index is 0.000000758. The Kier molecular flexibility index (Phi) is 6.45. The molecule has 3 rings (SSSR count). The summed E-state index contributed by atoms with van der Waals surface area (Å²) in [6, 6.07) is 20.2. The first-order chi connectivity index (χ1) is 12.5. The number of Topliss-reactive ketones (excluding diaryl/α,β-unsaturated/α-hetero) is 1. The van der Waals surface area contributed by atoms with Crippen molar-refractivity contribution in [3.05, 3.63) is 72.0 Å². The van der Waals surface area contributed by atoms with E-state index in [2.05, 4.69) is 41.7 Å². The molecule has 0 atom stereocenters. The van der Waals surface area contributed by atoms with Gasteiger partial charge in [0, 0.05) is 6.92 Å². The molecule has 6 heteroatoms. The Bertz CT molecular complexity index is 807. The standard InChI is InChI=1S/C19H20BNO2.CH3BN/c1-14-19(15(2)22)16(3)23-20(21-14,17-10-6-4-7-11-17)18-12-8-5-9-13-18;1-3-2/h4-13,21H,1-3H3;1H3. The van der Waals surface area contributed by atoms with Crippen LogP contribution in [-0.2, 0) is 9.45 Å². The van der Waals surface area contributed by atoms with Crippen molar-refractivity contribution in [2.75, 3.05) is 7.05 Å². The summed E-state index contributed by atoms with van der Waals surface area (Å²) in [4.78, 5) is 18.4. The third kappa shape index (κ3) is 3.90. The van der Waals surface area contributed by atoms with Crippen LogP contribution < -0.4 is 15.8 Å². The third-order valence-electron chi connectivity index (χ3n) is 4.39. The maximum absolute atomic E-state index is 11.9. The second-order valence-electron chi connectivity index (χ2n) is 6.24. The fraction of sp³-hybridized carbons (Fsp3) is 0.200. The Hall–Kier alpha value is -2.75. The van der Waals surface area contributed by atoms with Crippen LogP contribution in [0.3, 0.4) is 0 Å². The van der Waals surface area contributed by atoms with E-state index < -0.39 is 6.48 Å². The van der Waals surface area contributed by atoms with Crippen molar-refractivity contribution in [2.24, 2.45) is 4.90 Å². The first-order valence-electron chi connectivity index (χ1n) is 8.54. The first-order valence-corrected chi connectivity index (χ1v) is 8.54. The molecule has 0 saturated carbocycles. The van der Waals surface area contributed by atoms with Gasteiger partial charge in [-0.05, 0) is 13.8 Å². The molecular formula is C20H23B2N2O2. The van der Waals surface area contributed by atoms with Crippen LogP contribution in [0.4, 0.5) is 0 Å². The fourth-order valence-corrected chi connectivity index (χ4v) is 3.45. The molecule has 4 nitrogen and oxygen atoms in total. The van der Waals surface area contributed by atoms with Crippen molar-refractivity contribution in [3.63, 3.8) is 0 Å². The van der Waals surface area contributed by atoms with E-state index in [0.29, 0.717) is 11.3 Å². The first kappa shape index (κ1) is 19.6. The summed E-state index contributed by atoms with van der Waals surface area (Å²) in [6.07, 6.45) is 0. The number of nitrogens with zero attached hydrogens (tertiary/aromatic N) is 1. The van der Waals surface area contributed by atoms with Crippen LogP contribution in [0.2, 0.25) is 0 Å². The van der Waals surface area contributed by atoms with E-state index in [1.165, 1.54) is 7.05 Å². The summed E-state index contributed by atoms with van der Waals surface area (Å²) in [7, 11) is 6.00. The molecule has 0 aromatic heterocycles. The summed E-state index contributed by atoms with van der Waals surface area (Å²) in [5.41, 5.74) is 3.60. The van der Waals surface area contributed by atoms with Crippen molar-refractivity contribution in [1.82, 2.24) is 0 Å². The zero-order valence-corrected chi connectivity index (χ0v) is 15.7. The Morgan fingerprint density at radius 1 is 1.00 bits per heavy atom. The SMILES string of the molecule is CC(=O)C1=C(C)O[B-](c2ccccc2)(c2ccccc2)[NH+]=C1C.[B]=NC. The summed E-state index contributed by atoms with van der Waals surface area (Å²) >= 11 is 0. The van der Waals surface area contributed by atoms with Gasteiger partial charge in [0.25, 0.3) is 0 Å². The van der Waals surface area contributed by atoms with Crippen LogP contribution in [0, 0.1) is 0 Å². The molecule has 0 bridgehead atoms. The molecule has 1 radical (unpaired) electrons. The van der Waals surface area contributed by atoms with E-state index in [1.54, 1.807) is 6.92 Å². The van der Waals surface area contributed by atoms with Crippen molar-refractivity contribution < 1.29 is 14.4 Å². The maximum atomic E-state index is 11.9. The summed E-state index contributed by atoms with van der Waals surface area (Å²) in [5, 5.41) is 0. The van der Waals surface area contributed by atoms with Crippen LogP contribution in [-0.4, -0.2) is 32.7 Å². The molecule has 1 aliphatic rings. The van der Waals surface area contributed by atoms with Crippen LogP contribution in [0.15, 0.2) is 76.9 Å². The van der Waals surface area contributed by atoms with E-state index in [1.807, 2.05) is 50.2 Å². The minimum absolute atomic E-state index is 0.0121. The van der Waals surface area contributed by atoms with E-state index in [4.69, 9.17) is 4.65 Å². The number of benzene rings is 2. The van der Waals surface area contributed by atoms with Gasteiger partial charge in [-0.25, -0.2) is 0 Å². The number of hydrogen-bond acceptors (Lipinski definition) is 3. The number of allylic oxidation sites excluding steroid dienone is 2. The molecule has 0 saturated heterocycles. The van der Waals surface area contributed by atoms with E-state index in [-0.39, 0.29) is 5.78 Å². The predicted molar refractivity (Wildman–Crippen MR) is 108 cm³/mol. The molecule has 0 aliphatic carbocycles. The number of ketones is 1. The predicted octanol–water partition coefficient (Wildman–Crippen LogP) is 0.646. The molecule has 131 valence electrons. The molecule has 1 heterocycles. The topological polar surface area (TPSA) is 52.6 Å². The summed E-state index contributed by atoms with van der Waals surface area (Å²) < 4.78 is 6.38. The second kappa shape index (κ2) is 8.56. The van der Waals surface area contributed by atoms with Gasteiger partial charge in [0.1, 0.15) is 11.3 Å². The Labute approximate surface area is 156 Å². The van der Waals surface area contributed by atoms with Crippen molar-refractivity contribution >= 4 is 36.5 Å². The van der Waals surface area contributed by atoms with E-state index >= 15 is 0 Å². The van der Waals surface area contributed by atoms with Crippen molar-refractivity contribution in [2.45, 2.75) is 20.8 Å². The number of carbonyl (C=O) groups is 1. The van der Waals surface area contributed by atoms with Crippen molar-refractivity contribution in [1.29, 1.82) is 0 Å². The summed E-state index contributed by atoms with van der Waals surface area (Å²) in [5.74, 6) is 0.680. The minimum atomic E-state index is -1.64. The van der Waals surface area contributed by atoms with E-state index in [0.717, 1.165) is 16.6 Å². The average molecular weight is 345 g/mol. The number of rotatable bonds is 3. The molecule has 0 unspecified atom stereocenters. The van der Waals surface area contributed by atoms with Crippen LogP contribution in [0.1, 0.15) is 20.8 Å². The molecule has 1 N–H and O–H groups in total. The number of nitrogens with one attached hydrogen (secondary N) is 1. The Morgan fingerprint density at radius 2 is 1.42 bits per heavy atom. The van der Waals surface area contributed by atoms with Gasteiger partial charge in [-0.2, -0.15) is 0 Å². The van der Waals surface area contributed by atoms with Gasteiger partial charge in [-0.15, -0.1) is 0 Å². The molecule has 0 amide bonds. The van der Waals surface area contributed by atoms with Crippen LogP contribution in [0.25, 0.3) is 0 Å². The van der Waals surface area contributed by atoms with Gasteiger partial charge in [0.15, 0.2) is 5.78 Å². The zero-order chi connectivity index (χ0) is 19.2. The summed E-state index contributed by atoms with van der Waals surface area (Å²) in [6.45, 7) is 3.72. The van der Waals surface area contributed by atoms with Gasteiger partial charge in [-0.3, -0.25) is 4.79 Å². The monoisotopic (exact) mass is 345 g/mol. The van der Waals surface area contributed by atoms with Crippen LogP contribution >= 0.6 is 0 Å². The van der Waals surface area contributed by atoms with Gasteiger partial charge >= 0.3 is 26.1 Å². The van der Waals surface area contributed by atoms with Crippen molar-refractivity contribution in [3.8, 4) is 0 Å². The van der Waals surface area contributed by atoms with E-state index in [9.17, 15) is 4.79 Å². The van der Waals surface area contributed by atoms with Crippen LogP contribution in [0.5, 0.6) is 0 Å². The quantitative estimate of drug-likeness (QED) is 0.831. The van der Waals surface area contributed by atoms with Gasteiger partial charge in [-0.1, -0.05) is 71.6 Å².